The molecule has 0 spiro atoms. The van der Waals surface area contributed by atoms with Crippen molar-refractivity contribution in [3.63, 3.8) is 0 Å². The molecule has 7 rings (SSSR count). The molecule has 2 aliphatic heterocycles. The van der Waals surface area contributed by atoms with Gasteiger partial charge in [-0.3, -0.25) is 33.6 Å². The summed E-state index contributed by atoms with van der Waals surface area (Å²) < 4.78 is 5.81. The monoisotopic (exact) mass is 1080 g/mol. The molecule has 1 fully saturated rings. The summed E-state index contributed by atoms with van der Waals surface area (Å²) in [7, 11) is 4.93. The van der Waals surface area contributed by atoms with Crippen LogP contribution in [0, 0.1) is 10.8 Å². The molecule has 79 heavy (non-hydrogen) atoms. The summed E-state index contributed by atoms with van der Waals surface area (Å²) in [5.41, 5.74) is 4.45. The van der Waals surface area contributed by atoms with Gasteiger partial charge in [0.25, 0.3) is 5.91 Å². The molecule has 424 valence electrons. The first-order chi connectivity index (χ1) is 37.4. The highest BCUT2D eigenvalue weighted by molar-refractivity contribution is 5.97. The third-order valence-corrected chi connectivity index (χ3v) is 16.1. The fourth-order valence-corrected chi connectivity index (χ4v) is 11.0. The van der Waals surface area contributed by atoms with Crippen LogP contribution < -0.4 is 36.6 Å². The van der Waals surface area contributed by atoms with Crippen molar-refractivity contribution in [2.45, 2.75) is 162 Å². The number of methoxy groups -OCH3 is 1. The second kappa shape index (κ2) is 25.3. The zero-order chi connectivity index (χ0) is 57.5. The van der Waals surface area contributed by atoms with Gasteiger partial charge in [-0.25, -0.2) is 0 Å². The number of likely N-dealkylation sites (N-methyl/N-ethyl adjacent to an activating group) is 2. The fraction of sp³-hybridized carbons (Fsp3) is 0.500. The van der Waals surface area contributed by atoms with Crippen LogP contribution in [0.4, 0.5) is 0 Å². The predicted molar refractivity (Wildman–Crippen MR) is 304 cm³/mol. The van der Waals surface area contributed by atoms with Crippen LogP contribution in [-0.4, -0.2) is 126 Å². The zero-order valence-electron chi connectivity index (χ0n) is 48.2. The molecule has 2 heterocycles. The number of hydrogen-bond acceptors (Lipinski definition) is 10. The molecule has 4 aromatic carbocycles. The number of ether oxygens (including phenoxy) is 1. The Bertz CT molecular complexity index is 2860. The zero-order valence-corrected chi connectivity index (χ0v) is 48.2. The van der Waals surface area contributed by atoms with Gasteiger partial charge in [0.05, 0.1) is 31.3 Å². The molecule has 1 aliphatic carbocycles. The maximum Gasteiger partial charge on any atom is 0.251 e. The highest BCUT2D eigenvalue weighted by Crippen LogP contribution is 2.36. The molecule has 6 N–H and O–H groups in total. The van der Waals surface area contributed by atoms with Gasteiger partial charge in [0.15, 0.2) is 0 Å². The smallest absolute Gasteiger partial charge is 0.251 e. The Hall–Kier alpha value is -7.11. The Balaban J connectivity index is 1.16. The lowest BCUT2D eigenvalue weighted by atomic mass is 9.84. The van der Waals surface area contributed by atoms with Crippen LogP contribution in [-0.2, 0) is 54.7 Å². The molecule has 1 saturated heterocycles. The van der Waals surface area contributed by atoms with Gasteiger partial charge in [0, 0.05) is 43.2 Å². The molecule has 4 aromatic rings. The molecule has 17 heteroatoms. The summed E-state index contributed by atoms with van der Waals surface area (Å²) in [6.45, 7) is 16.9. The molecule has 1 unspecified atom stereocenters. The summed E-state index contributed by atoms with van der Waals surface area (Å²) in [4.78, 5) is 106. The van der Waals surface area contributed by atoms with E-state index in [1.54, 1.807) is 69.1 Å². The summed E-state index contributed by atoms with van der Waals surface area (Å²) in [5.74, 6) is -1.93. The van der Waals surface area contributed by atoms with Gasteiger partial charge in [-0.1, -0.05) is 120 Å². The Morgan fingerprint density at radius 1 is 0.671 bits per heavy atom. The fourth-order valence-electron chi connectivity index (χ4n) is 11.0. The average Bonchev–Trinajstić information content (AvgIpc) is 4.02. The lowest BCUT2D eigenvalue weighted by Crippen LogP contribution is -2.62. The van der Waals surface area contributed by atoms with Gasteiger partial charge >= 0.3 is 0 Å². The molecule has 3 aliphatic rings. The van der Waals surface area contributed by atoms with E-state index >= 15 is 9.59 Å². The van der Waals surface area contributed by atoms with Gasteiger partial charge in [0.1, 0.15) is 29.9 Å². The van der Waals surface area contributed by atoms with Crippen molar-refractivity contribution in [3.8, 4) is 5.75 Å². The van der Waals surface area contributed by atoms with Crippen LogP contribution in [0.15, 0.2) is 97.1 Å². The van der Waals surface area contributed by atoms with Crippen molar-refractivity contribution < 1.29 is 38.3 Å². The largest absolute Gasteiger partial charge is 0.496 e. The number of aryl methyl sites for hydroxylation is 1. The van der Waals surface area contributed by atoms with E-state index in [0.29, 0.717) is 16.9 Å². The van der Waals surface area contributed by atoms with E-state index in [4.69, 9.17) is 4.74 Å². The number of nitrogens with zero attached hydrogens (tertiary/aromatic N) is 3. The normalized spacial score (nSPS) is 20.0. The van der Waals surface area contributed by atoms with Crippen molar-refractivity contribution in [1.82, 2.24) is 46.6 Å². The molecule has 0 saturated carbocycles. The number of likely N-dealkylation sites (tertiary alicyclic amines) is 1. The van der Waals surface area contributed by atoms with Crippen molar-refractivity contribution in [2.75, 3.05) is 27.7 Å². The lowest BCUT2D eigenvalue weighted by Gasteiger charge is -2.43. The minimum Gasteiger partial charge on any atom is -0.496 e. The molecular weight excluding hydrogens is 999 g/mol. The standard InChI is InChI=1S/C62H83N9O8/c1-37(63-10)54(72)67-52(61(4,5)6)59(77)70-35-44-22-14-13-21-43(44)32-50(70)58(76)69(39(3)46-24-17-18-27-51(46)79-12)34-40-28-30-42(31-29-40)56(74)65-45-33-49(57(75)66-48-26-19-23-41-20-15-16-25-47(41)48)71(36-45)60(78)53(62(7,8)9)68-55(73)38(2)64-11/h13-18,20-22,24-25,27-31,37-39,45,48-50,52-53,63-64H,19,23,26,32-36H2,1-12H3,(H,65,74)(H,66,75)(H,67,72)(H,68,73)/t37-,38-,39+,45-,48+,49-,50-,52?,53+/m0/s1. The molecule has 7 amide bonds. The van der Waals surface area contributed by atoms with Crippen LogP contribution in [0.25, 0.3) is 0 Å². The minimum atomic E-state index is -0.974. The molecule has 0 radical (unpaired) electrons. The first-order valence-electron chi connectivity index (χ1n) is 27.8. The quantitative estimate of drug-likeness (QED) is 0.0694. The summed E-state index contributed by atoms with van der Waals surface area (Å²) in [6.07, 6.45) is 2.95. The minimum absolute atomic E-state index is 0.0348. The van der Waals surface area contributed by atoms with E-state index in [1.807, 2.05) is 115 Å². The SMILES string of the molecule is CN[C@@H](C)C(=O)NC(C(=O)N1Cc2ccccc2C[C@H]1C(=O)N(Cc1ccc(C(=O)N[C@H]2C[C@@H](C(=O)N[C@@H]3CCCc4ccccc43)N(C(=O)[C@@H](NC(=O)[C@H](C)NC)C(C)(C)C)C2)cc1)[C@H](C)c1ccccc1OC)C(C)(C)C. The van der Waals surface area contributed by atoms with Gasteiger partial charge in [-0.15, -0.1) is 0 Å². The van der Waals surface area contributed by atoms with Gasteiger partial charge < -0.3 is 51.3 Å². The predicted octanol–water partition coefficient (Wildman–Crippen LogP) is 5.91. The number of benzene rings is 4. The number of para-hydroxylation sites is 1. The summed E-state index contributed by atoms with van der Waals surface area (Å²) >= 11 is 0. The van der Waals surface area contributed by atoms with Crippen molar-refractivity contribution in [2.24, 2.45) is 10.8 Å². The highest BCUT2D eigenvalue weighted by Gasteiger charge is 2.47. The number of rotatable bonds is 18. The Morgan fingerprint density at radius 2 is 1.23 bits per heavy atom. The second-order valence-corrected chi connectivity index (χ2v) is 23.7. The van der Waals surface area contributed by atoms with Crippen LogP contribution in [0.3, 0.4) is 0 Å². The number of fused-ring (bicyclic) bond motifs is 2. The average molecular weight is 1080 g/mol. The molecule has 9 atom stereocenters. The van der Waals surface area contributed by atoms with Crippen LogP contribution in [0.5, 0.6) is 5.75 Å². The Morgan fingerprint density at radius 3 is 1.82 bits per heavy atom. The molecular formula is C62H83N9O8. The maximum atomic E-state index is 15.6. The second-order valence-electron chi connectivity index (χ2n) is 23.7. The summed E-state index contributed by atoms with van der Waals surface area (Å²) in [5, 5.41) is 18.2. The number of hydrogen-bond donors (Lipinski definition) is 6. The Kier molecular flexibility index (Phi) is 19.1. The molecule has 17 nitrogen and oxygen atoms in total. The van der Waals surface area contributed by atoms with Crippen LogP contribution >= 0.6 is 0 Å². The van der Waals surface area contributed by atoms with Crippen molar-refractivity contribution in [1.29, 1.82) is 0 Å². The first-order valence-corrected chi connectivity index (χ1v) is 27.8. The number of nitrogens with one attached hydrogen (secondary N) is 6. The summed E-state index contributed by atoms with van der Waals surface area (Å²) in [6, 6.07) is 24.0. The van der Waals surface area contributed by atoms with E-state index < -0.39 is 71.0 Å². The van der Waals surface area contributed by atoms with Crippen LogP contribution in [0.1, 0.15) is 137 Å². The Labute approximate surface area is 466 Å². The van der Waals surface area contributed by atoms with Crippen molar-refractivity contribution >= 4 is 41.4 Å². The lowest BCUT2D eigenvalue weighted by molar-refractivity contribution is -0.152. The number of amides is 7. The van der Waals surface area contributed by atoms with E-state index in [9.17, 15) is 24.0 Å². The third kappa shape index (κ3) is 13.8. The van der Waals surface area contributed by atoms with E-state index in [1.165, 1.54) is 10.5 Å². The number of carbonyl (C=O) groups is 7. The van der Waals surface area contributed by atoms with Crippen LogP contribution in [0.2, 0.25) is 0 Å². The van der Waals surface area contributed by atoms with E-state index in [2.05, 4.69) is 38.0 Å². The first kappa shape index (κ1) is 59.5. The third-order valence-electron chi connectivity index (χ3n) is 16.1. The van der Waals surface area contributed by atoms with Gasteiger partial charge in [-0.2, -0.15) is 0 Å². The topological polar surface area (TPSA) is 211 Å². The van der Waals surface area contributed by atoms with E-state index in [0.717, 1.165) is 41.5 Å². The van der Waals surface area contributed by atoms with Gasteiger partial charge in [-0.05, 0) is 117 Å². The molecule has 0 aromatic heterocycles. The maximum absolute atomic E-state index is 15.6. The van der Waals surface area contributed by atoms with E-state index in [-0.39, 0.29) is 68.1 Å². The highest BCUT2D eigenvalue weighted by atomic mass is 16.5. The number of carbonyl (C=O) groups excluding carboxylic acids is 7. The van der Waals surface area contributed by atoms with Crippen molar-refractivity contribution in [3.05, 3.63) is 136 Å². The van der Waals surface area contributed by atoms with Gasteiger partial charge in [0.2, 0.25) is 35.4 Å². The molecule has 0 bridgehead atoms.